The Bertz CT molecular complexity index is 478. The van der Waals surface area contributed by atoms with E-state index in [9.17, 15) is 12.9 Å². The number of halogens is 3. The van der Waals surface area contributed by atoms with E-state index in [0.717, 1.165) is 25.3 Å². The maximum absolute atomic E-state index is 12.8. The van der Waals surface area contributed by atoms with Gasteiger partial charge in [-0.3, -0.25) is 0 Å². The molecule has 1 aromatic carbocycles. The Hall–Kier alpha value is 0.511. The summed E-state index contributed by atoms with van der Waals surface area (Å²) in [5.74, 6) is 1.86. The van der Waals surface area contributed by atoms with Gasteiger partial charge in [-0.05, 0) is 50.2 Å². The van der Waals surface area contributed by atoms with Gasteiger partial charge in [0, 0.05) is 0 Å². The van der Waals surface area contributed by atoms with E-state index in [2.05, 4.69) is 13.8 Å². The Balaban J connectivity index is 0.00000220. The van der Waals surface area contributed by atoms with E-state index in [1.807, 2.05) is 0 Å². The first kappa shape index (κ1) is 19.6. The smallest absolute Gasteiger partial charge is 0.490 e. The van der Waals surface area contributed by atoms with Gasteiger partial charge in [0.2, 0.25) is 0 Å². The van der Waals surface area contributed by atoms with E-state index in [1.165, 1.54) is 19.1 Å². The van der Waals surface area contributed by atoms with Crippen molar-refractivity contribution in [2.24, 2.45) is 11.8 Å². The van der Waals surface area contributed by atoms with Crippen molar-refractivity contribution in [3.63, 3.8) is 0 Å². The Morgan fingerprint density at radius 1 is 1.10 bits per heavy atom. The van der Waals surface area contributed by atoms with Crippen molar-refractivity contribution in [2.45, 2.75) is 46.1 Å². The number of aryl methyl sites for hydroxylation is 1. The molecule has 0 saturated heterocycles. The predicted octanol–water partition coefficient (Wildman–Crippen LogP) is 1.26. The predicted molar refractivity (Wildman–Crippen MR) is 76.5 cm³/mol. The zero-order valence-electron chi connectivity index (χ0n) is 13.2. The standard InChI is InChI=1S/C15H21BF3O.K/c1-10-4-5-13(8-11(10)2)20-14-6-7-15(12(3)9-14)16(17,18)19;/h6-7,9-11,13H,4-5,8H2,1-3H3;/q-1;+1. The maximum atomic E-state index is 12.8. The van der Waals surface area contributed by atoms with Crippen molar-refractivity contribution >= 4 is 12.4 Å². The first-order chi connectivity index (χ1) is 9.27. The van der Waals surface area contributed by atoms with Gasteiger partial charge in [0.05, 0.1) is 6.10 Å². The maximum Gasteiger partial charge on any atom is 1.00 e. The van der Waals surface area contributed by atoms with Crippen molar-refractivity contribution in [3.05, 3.63) is 23.8 Å². The topological polar surface area (TPSA) is 9.23 Å². The normalized spacial score (nSPS) is 26.1. The molecular weight excluding hydrogens is 303 g/mol. The molecule has 1 aromatic rings. The zero-order chi connectivity index (χ0) is 14.9. The van der Waals surface area contributed by atoms with Crippen molar-refractivity contribution in [1.29, 1.82) is 0 Å². The molecule has 6 heteroatoms. The molecule has 0 aliphatic heterocycles. The van der Waals surface area contributed by atoms with Crippen LogP contribution in [0.25, 0.3) is 0 Å². The molecular formula is C15H21BF3KO. The fourth-order valence-electron chi connectivity index (χ4n) is 2.89. The fourth-order valence-corrected chi connectivity index (χ4v) is 2.89. The van der Waals surface area contributed by atoms with Crippen LogP contribution in [0.15, 0.2) is 18.2 Å². The molecule has 1 nitrogen and oxygen atoms in total. The van der Waals surface area contributed by atoms with E-state index in [0.29, 0.717) is 17.6 Å². The van der Waals surface area contributed by atoms with Crippen molar-refractivity contribution in [3.8, 4) is 5.75 Å². The molecule has 1 aliphatic carbocycles. The van der Waals surface area contributed by atoms with Crippen molar-refractivity contribution < 1.29 is 69.1 Å². The van der Waals surface area contributed by atoms with Crippen LogP contribution < -0.4 is 61.6 Å². The van der Waals surface area contributed by atoms with E-state index in [-0.39, 0.29) is 63.1 Å². The van der Waals surface area contributed by atoms with Crippen LogP contribution in [0.5, 0.6) is 5.75 Å². The molecule has 1 fully saturated rings. The number of hydrogen-bond acceptors (Lipinski definition) is 1. The summed E-state index contributed by atoms with van der Waals surface area (Å²) in [7, 11) is 0. The van der Waals surface area contributed by atoms with Crippen LogP contribution in [0.2, 0.25) is 0 Å². The summed E-state index contributed by atoms with van der Waals surface area (Å²) in [5, 5.41) is 0. The van der Waals surface area contributed by atoms with Gasteiger partial charge in [-0.25, -0.2) is 0 Å². The third-order valence-corrected chi connectivity index (χ3v) is 4.45. The average molecular weight is 324 g/mol. The van der Waals surface area contributed by atoms with Crippen LogP contribution in [0.1, 0.15) is 38.7 Å². The van der Waals surface area contributed by atoms with Crippen LogP contribution >= 0.6 is 0 Å². The van der Waals surface area contributed by atoms with Gasteiger partial charge in [0.15, 0.2) is 0 Å². The van der Waals surface area contributed by atoms with Crippen LogP contribution in [0.3, 0.4) is 0 Å². The second-order valence-electron chi connectivity index (χ2n) is 6.10. The third kappa shape index (κ3) is 5.27. The summed E-state index contributed by atoms with van der Waals surface area (Å²) < 4.78 is 44.1. The minimum Gasteiger partial charge on any atom is -0.490 e. The summed E-state index contributed by atoms with van der Waals surface area (Å²) in [6, 6.07) is 4.09. The summed E-state index contributed by atoms with van der Waals surface area (Å²) in [6.07, 6.45) is 3.21. The molecule has 1 saturated carbocycles. The first-order valence-electron chi connectivity index (χ1n) is 7.24. The summed E-state index contributed by atoms with van der Waals surface area (Å²) >= 11 is 0. The molecule has 112 valence electrons. The Kier molecular flexibility index (Phi) is 7.32. The Labute approximate surface area is 167 Å². The number of rotatable bonds is 3. The Morgan fingerprint density at radius 3 is 2.29 bits per heavy atom. The molecule has 2 rings (SSSR count). The second kappa shape index (κ2) is 7.86. The first-order valence-corrected chi connectivity index (χ1v) is 7.24. The van der Waals surface area contributed by atoms with E-state index >= 15 is 0 Å². The van der Waals surface area contributed by atoms with Crippen molar-refractivity contribution in [1.82, 2.24) is 0 Å². The van der Waals surface area contributed by atoms with E-state index < -0.39 is 12.4 Å². The van der Waals surface area contributed by atoms with Gasteiger partial charge in [0.1, 0.15) is 5.75 Å². The van der Waals surface area contributed by atoms with Crippen LogP contribution in [0, 0.1) is 18.8 Å². The van der Waals surface area contributed by atoms with Crippen LogP contribution in [-0.2, 0) is 0 Å². The van der Waals surface area contributed by atoms with Gasteiger partial charge in [-0.2, -0.15) is 0 Å². The molecule has 1 aliphatic rings. The molecule has 0 aromatic heterocycles. The fraction of sp³-hybridized carbons (Fsp3) is 0.600. The molecule has 0 N–H and O–H groups in total. The SMILES string of the molecule is Cc1cc(OC2CCC(C)C(C)C2)ccc1[B-](F)(F)F.[K+]. The second-order valence-corrected chi connectivity index (χ2v) is 6.10. The van der Waals surface area contributed by atoms with Gasteiger partial charge in [0.25, 0.3) is 0 Å². The van der Waals surface area contributed by atoms with Crippen LogP contribution in [-0.4, -0.2) is 13.1 Å². The monoisotopic (exact) mass is 324 g/mol. The molecule has 21 heavy (non-hydrogen) atoms. The number of ether oxygens (including phenoxy) is 1. The molecule has 3 atom stereocenters. The Morgan fingerprint density at radius 2 is 1.76 bits per heavy atom. The average Bonchev–Trinajstić information content (AvgIpc) is 2.32. The van der Waals surface area contributed by atoms with E-state index in [4.69, 9.17) is 4.74 Å². The largest absolute Gasteiger partial charge is 1.00 e. The molecule has 0 heterocycles. The minimum atomic E-state index is -4.94. The quantitative estimate of drug-likeness (QED) is 0.761. The minimum absolute atomic E-state index is 0. The molecule has 0 bridgehead atoms. The van der Waals surface area contributed by atoms with Gasteiger partial charge in [-0.15, -0.1) is 5.46 Å². The summed E-state index contributed by atoms with van der Waals surface area (Å²) in [4.78, 5) is 0. The summed E-state index contributed by atoms with van der Waals surface area (Å²) in [6.45, 7) is 1.000. The zero-order valence-corrected chi connectivity index (χ0v) is 16.3. The van der Waals surface area contributed by atoms with Gasteiger partial charge >= 0.3 is 58.4 Å². The van der Waals surface area contributed by atoms with Gasteiger partial charge in [-0.1, -0.05) is 25.5 Å². The third-order valence-electron chi connectivity index (χ3n) is 4.45. The van der Waals surface area contributed by atoms with E-state index in [1.54, 1.807) is 0 Å². The van der Waals surface area contributed by atoms with Crippen LogP contribution in [0.4, 0.5) is 12.9 Å². The molecule has 3 unspecified atom stereocenters. The molecule has 0 radical (unpaired) electrons. The number of hydrogen-bond donors (Lipinski definition) is 0. The summed E-state index contributed by atoms with van der Waals surface area (Å²) in [5.41, 5.74) is -0.282. The molecule has 0 spiro atoms. The van der Waals surface area contributed by atoms with Crippen molar-refractivity contribution in [2.75, 3.05) is 0 Å². The van der Waals surface area contributed by atoms with Gasteiger partial charge < -0.3 is 17.7 Å². The molecule has 0 amide bonds. The number of benzene rings is 1.